The monoisotopic (exact) mass is 295 g/mol. The van der Waals surface area contributed by atoms with Gasteiger partial charge in [0, 0.05) is 43.7 Å². The van der Waals surface area contributed by atoms with Crippen molar-refractivity contribution in [3.05, 3.63) is 34.9 Å². The van der Waals surface area contributed by atoms with Crippen molar-refractivity contribution in [2.45, 2.75) is 31.8 Å². The third-order valence-electron chi connectivity index (χ3n) is 3.87. The number of hydrogen-bond donors (Lipinski definition) is 2. The molecule has 0 aliphatic carbocycles. The zero-order valence-electron chi connectivity index (χ0n) is 11.8. The topological polar surface area (TPSA) is 58.4 Å². The van der Waals surface area contributed by atoms with Crippen LogP contribution < -0.4 is 11.1 Å². The summed E-state index contributed by atoms with van der Waals surface area (Å²) in [6.45, 7) is 3.98. The lowest BCUT2D eigenvalue weighted by Gasteiger charge is -2.37. The summed E-state index contributed by atoms with van der Waals surface area (Å²) < 4.78 is 0. The maximum Gasteiger partial charge on any atom is 0.217 e. The smallest absolute Gasteiger partial charge is 0.217 e. The lowest BCUT2D eigenvalue weighted by atomic mass is 9.99. The average Bonchev–Trinajstić information content (AvgIpc) is 2.43. The Morgan fingerprint density at radius 3 is 2.65 bits per heavy atom. The average molecular weight is 296 g/mol. The molecule has 2 rings (SSSR count). The molecule has 0 radical (unpaired) electrons. The lowest BCUT2D eigenvalue weighted by molar-refractivity contribution is -0.120. The van der Waals surface area contributed by atoms with Crippen LogP contribution in [0.25, 0.3) is 0 Å². The van der Waals surface area contributed by atoms with Crippen molar-refractivity contribution in [3.63, 3.8) is 0 Å². The SMILES string of the molecule is CC(=O)NC1CCN(C(CN)c2ccccc2Cl)CC1. The zero-order valence-corrected chi connectivity index (χ0v) is 12.6. The van der Waals surface area contributed by atoms with Gasteiger partial charge in [-0.15, -0.1) is 0 Å². The molecule has 20 heavy (non-hydrogen) atoms. The van der Waals surface area contributed by atoms with Crippen LogP contribution in [0, 0.1) is 0 Å². The Balaban J connectivity index is 2.01. The summed E-state index contributed by atoms with van der Waals surface area (Å²) in [6.07, 6.45) is 1.92. The lowest BCUT2D eigenvalue weighted by Crippen LogP contribution is -2.46. The van der Waals surface area contributed by atoms with E-state index in [0.717, 1.165) is 36.5 Å². The van der Waals surface area contributed by atoms with E-state index >= 15 is 0 Å². The summed E-state index contributed by atoms with van der Waals surface area (Å²) in [5, 5.41) is 3.76. The molecule has 0 aromatic heterocycles. The Morgan fingerprint density at radius 1 is 1.45 bits per heavy atom. The highest BCUT2D eigenvalue weighted by molar-refractivity contribution is 6.31. The number of carbonyl (C=O) groups excluding carboxylic acids is 1. The standard InChI is InChI=1S/C15H22ClN3O/c1-11(20)18-12-6-8-19(9-7-12)15(10-17)13-4-2-3-5-14(13)16/h2-5,12,15H,6-10,17H2,1H3,(H,18,20). The highest BCUT2D eigenvalue weighted by Gasteiger charge is 2.26. The first-order valence-electron chi connectivity index (χ1n) is 7.07. The van der Waals surface area contributed by atoms with Crippen LogP contribution in [0.2, 0.25) is 5.02 Å². The molecule has 0 bridgehead atoms. The maximum absolute atomic E-state index is 11.1. The van der Waals surface area contributed by atoms with E-state index in [1.165, 1.54) is 0 Å². The van der Waals surface area contributed by atoms with Crippen LogP contribution in [0.4, 0.5) is 0 Å². The molecule has 1 fully saturated rings. The first-order valence-corrected chi connectivity index (χ1v) is 7.45. The van der Waals surface area contributed by atoms with Crippen molar-refractivity contribution in [1.29, 1.82) is 0 Å². The van der Waals surface area contributed by atoms with Crippen LogP contribution in [0.3, 0.4) is 0 Å². The van der Waals surface area contributed by atoms with Crippen LogP contribution in [-0.2, 0) is 4.79 Å². The highest BCUT2D eigenvalue weighted by atomic mass is 35.5. The molecule has 3 N–H and O–H groups in total. The molecule has 1 aliphatic rings. The summed E-state index contributed by atoms with van der Waals surface area (Å²) in [5.74, 6) is 0.0462. The quantitative estimate of drug-likeness (QED) is 0.892. The fourth-order valence-electron chi connectivity index (χ4n) is 2.86. The van der Waals surface area contributed by atoms with E-state index in [1.54, 1.807) is 6.92 Å². The second kappa shape index (κ2) is 7.07. The van der Waals surface area contributed by atoms with Gasteiger partial charge >= 0.3 is 0 Å². The largest absolute Gasteiger partial charge is 0.354 e. The third-order valence-corrected chi connectivity index (χ3v) is 4.21. The van der Waals surface area contributed by atoms with Gasteiger partial charge < -0.3 is 11.1 Å². The van der Waals surface area contributed by atoms with Gasteiger partial charge in [0.2, 0.25) is 5.91 Å². The van der Waals surface area contributed by atoms with Crippen molar-refractivity contribution >= 4 is 17.5 Å². The van der Waals surface area contributed by atoms with Crippen LogP contribution in [-0.4, -0.2) is 36.5 Å². The zero-order chi connectivity index (χ0) is 14.5. The molecule has 5 heteroatoms. The third kappa shape index (κ3) is 3.72. The summed E-state index contributed by atoms with van der Waals surface area (Å²) >= 11 is 6.28. The predicted molar refractivity (Wildman–Crippen MR) is 81.7 cm³/mol. The molecule has 1 heterocycles. The molecule has 1 aliphatic heterocycles. The molecule has 110 valence electrons. The van der Waals surface area contributed by atoms with Crippen molar-refractivity contribution in [1.82, 2.24) is 10.2 Å². The number of likely N-dealkylation sites (tertiary alicyclic amines) is 1. The summed E-state index contributed by atoms with van der Waals surface area (Å²) in [7, 11) is 0. The highest BCUT2D eigenvalue weighted by Crippen LogP contribution is 2.28. The molecule has 1 saturated heterocycles. The molecule has 1 aromatic carbocycles. The number of piperidine rings is 1. The van der Waals surface area contributed by atoms with E-state index in [0.29, 0.717) is 6.54 Å². The number of rotatable bonds is 4. The number of nitrogens with zero attached hydrogens (tertiary/aromatic N) is 1. The van der Waals surface area contributed by atoms with E-state index in [4.69, 9.17) is 17.3 Å². The van der Waals surface area contributed by atoms with Crippen molar-refractivity contribution in [2.75, 3.05) is 19.6 Å². The van der Waals surface area contributed by atoms with E-state index in [1.807, 2.05) is 24.3 Å². The fourth-order valence-corrected chi connectivity index (χ4v) is 3.12. The minimum atomic E-state index is 0.0462. The van der Waals surface area contributed by atoms with Gasteiger partial charge in [-0.05, 0) is 24.5 Å². The van der Waals surface area contributed by atoms with Crippen LogP contribution in [0.1, 0.15) is 31.4 Å². The first-order chi connectivity index (χ1) is 9.61. The summed E-state index contributed by atoms with van der Waals surface area (Å²) in [6, 6.07) is 8.31. The molecule has 0 spiro atoms. The normalized spacial score (nSPS) is 18.8. The van der Waals surface area contributed by atoms with Gasteiger partial charge in [0.25, 0.3) is 0 Å². The second-order valence-corrected chi connectivity index (χ2v) is 5.69. The Morgan fingerprint density at radius 2 is 2.10 bits per heavy atom. The number of hydrogen-bond acceptors (Lipinski definition) is 3. The van der Waals surface area contributed by atoms with Gasteiger partial charge in [0.15, 0.2) is 0 Å². The summed E-state index contributed by atoms with van der Waals surface area (Å²) in [5.41, 5.74) is 7.04. The Hall–Kier alpha value is -1.10. The summed E-state index contributed by atoms with van der Waals surface area (Å²) in [4.78, 5) is 13.4. The van der Waals surface area contributed by atoms with Gasteiger partial charge in [0.1, 0.15) is 0 Å². The minimum Gasteiger partial charge on any atom is -0.354 e. The van der Waals surface area contributed by atoms with Crippen molar-refractivity contribution in [3.8, 4) is 0 Å². The predicted octanol–water partition coefficient (Wildman–Crippen LogP) is 1.94. The van der Waals surface area contributed by atoms with Gasteiger partial charge in [-0.1, -0.05) is 29.8 Å². The Bertz CT molecular complexity index is 458. The van der Waals surface area contributed by atoms with Crippen LogP contribution in [0.5, 0.6) is 0 Å². The van der Waals surface area contributed by atoms with Crippen LogP contribution in [0.15, 0.2) is 24.3 Å². The van der Waals surface area contributed by atoms with E-state index in [9.17, 15) is 4.79 Å². The van der Waals surface area contributed by atoms with Gasteiger partial charge in [-0.2, -0.15) is 0 Å². The molecule has 1 aromatic rings. The number of carbonyl (C=O) groups is 1. The van der Waals surface area contributed by atoms with Gasteiger partial charge in [-0.25, -0.2) is 0 Å². The minimum absolute atomic E-state index is 0.0462. The van der Waals surface area contributed by atoms with Crippen molar-refractivity contribution in [2.24, 2.45) is 5.73 Å². The number of benzene rings is 1. The first kappa shape index (κ1) is 15.3. The number of nitrogens with one attached hydrogen (secondary N) is 1. The molecule has 1 unspecified atom stereocenters. The Labute approximate surface area is 125 Å². The molecule has 0 saturated carbocycles. The van der Waals surface area contributed by atoms with E-state index in [2.05, 4.69) is 10.2 Å². The fraction of sp³-hybridized carbons (Fsp3) is 0.533. The molecule has 1 amide bonds. The van der Waals surface area contributed by atoms with Crippen LogP contribution >= 0.6 is 11.6 Å². The Kier molecular flexibility index (Phi) is 5.40. The number of halogens is 1. The molecular weight excluding hydrogens is 274 g/mol. The second-order valence-electron chi connectivity index (χ2n) is 5.28. The van der Waals surface area contributed by atoms with Gasteiger partial charge in [0.05, 0.1) is 0 Å². The molecule has 4 nitrogen and oxygen atoms in total. The number of amides is 1. The van der Waals surface area contributed by atoms with E-state index < -0.39 is 0 Å². The van der Waals surface area contributed by atoms with Gasteiger partial charge in [-0.3, -0.25) is 9.69 Å². The maximum atomic E-state index is 11.1. The molecular formula is C15H22ClN3O. The van der Waals surface area contributed by atoms with E-state index in [-0.39, 0.29) is 18.0 Å². The number of nitrogens with two attached hydrogens (primary N) is 1. The molecule has 1 atom stereocenters. The van der Waals surface area contributed by atoms with Crippen molar-refractivity contribution < 1.29 is 4.79 Å².